The number of nitrogens with one attached hydrogen (secondary N) is 1. The van der Waals surface area contributed by atoms with Crippen LogP contribution in [0.4, 0.5) is 0 Å². The van der Waals surface area contributed by atoms with Crippen LogP contribution in [0.5, 0.6) is 0 Å². The number of ether oxygens (including phenoxy) is 1. The number of hydrogen-bond donors (Lipinski definition) is 1. The Morgan fingerprint density at radius 1 is 1.40 bits per heavy atom. The van der Waals surface area contributed by atoms with Gasteiger partial charge in [0.2, 0.25) is 0 Å². The first-order valence-corrected chi connectivity index (χ1v) is 7.08. The van der Waals surface area contributed by atoms with Gasteiger partial charge >= 0.3 is 5.97 Å². The highest BCUT2D eigenvalue weighted by Crippen LogP contribution is 2.23. The average Bonchev–Trinajstić information content (AvgIpc) is 2.85. The van der Waals surface area contributed by atoms with Crippen molar-refractivity contribution < 1.29 is 18.7 Å². The zero-order chi connectivity index (χ0) is 14.5. The number of amides is 1. The van der Waals surface area contributed by atoms with Gasteiger partial charge in [0.15, 0.2) is 6.61 Å². The molecule has 1 N–H and O–H groups in total. The fourth-order valence-corrected chi connectivity index (χ4v) is 2.58. The minimum absolute atomic E-state index is 0.200. The van der Waals surface area contributed by atoms with Gasteiger partial charge in [0, 0.05) is 6.04 Å². The van der Waals surface area contributed by atoms with Gasteiger partial charge in [-0.15, -0.1) is 0 Å². The van der Waals surface area contributed by atoms with Crippen molar-refractivity contribution in [2.24, 2.45) is 5.92 Å². The summed E-state index contributed by atoms with van der Waals surface area (Å²) in [5.41, 5.74) is 0.365. The van der Waals surface area contributed by atoms with E-state index in [1.807, 2.05) is 0 Å². The largest absolute Gasteiger partial charge is 0.469 e. The highest BCUT2D eigenvalue weighted by molar-refractivity contribution is 5.92. The van der Waals surface area contributed by atoms with Gasteiger partial charge in [0.05, 0.1) is 6.26 Å². The molecular formula is C15H21NO4. The molecule has 0 bridgehead atoms. The van der Waals surface area contributed by atoms with E-state index >= 15 is 0 Å². The monoisotopic (exact) mass is 279 g/mol. The van der Waals surface area contributed by atoms with E-state index in [-0.39, 0.29) is 18.6 Å². The second kappa shape index (κ2) is 6.59. The Morgan fingerprint density at radius 2 is 2.15 bits per heavy atom. The summed E-state index contributed by atoms with van der Waals surface area (Å²) in [6.45, 7) is 3.58. The smallest absolute Gasteiger partial charge is 0.342 e. The second-order valence-electron chi connectivity index (χ2n) is 5.40. The molecule has 5 heteroatoms. The lowest BCUT2D eigenvalue weighted by Crippen LogP contribution is -2.42. The summed E-state index contributed by atoms with van der Waals surface area (Å²) >= 11 is 0. The van der Waals surface area contributed by atoms with Gasteiger partial charge in [0.1, 0.15) is 11.3 Å². The molecule has 2 rings (SSSR count). The van der Waals surface area contributed by atoms with Gasteiger partial charge in [-0.25, -0.2) is 4.79 Å². The molecule has 20 heavy (non-hydrogen) atoms. The lowest BCUT2D eigenvalue weighted by molar-refractivity contribution is -0.125. The Labute approximate surface area is 118 Å². The molecule has 1 aliphatic carbocycles. The summed E-state index contributed by atoms with van der Waals surface area (Å²) in [7, 11) is 0. The van der Waals surface area contributed by atoms with Gasteiger partial charge < -0.3 is 14.5 Å². The molecule has 1 amide bonds. The molecule has 0 spiro atoms. The van der Waals surface area contributed by atoms with Gasteiger partial charge in [-0.1, -0.05) is 19.8 Å². The Morgan fingerprint density at radius 3 is 2.80 bits per heavy atom. The number of carbonyl (C=O) groups is 2. The van der Waals surface area contributed by atoms with Gasteiger partial charge in [-0.3, -0.25) is 4.79 Å². The molecule has 1 saturated carbocycles. The maximum absolute atomic E-state index is 11.8. The highest BCUT2D eigenvalue weighted by atomic mass is 16.5. The quantitative estimate of drug-likeness (QED) is 0.859. The van der Waals surface area contributed by atoms with E-state index in [9.17, 15) is 9.59 Å². The fourth-order valence-electron chi connectivity index (χ4n) is 2.58. The zero-order valence-corrected chi connectivity index (χ0v) is 12.0. The predicted molar refractivity (Wildman–Crippen MR) is 73.3 cm³/mol. The molecule has 2 atom stereocenters. The molecule has 1 aliphatic rings. The average molecular weight is 279 g/mol. The van der Waals surface area contributed by atoms with E-state index in [0.717, 1.165) is 19.3 Å². The van der Waals surface area contributed by atoms with Crippen LogP contribution in [0, 0.1) is 12.8 Å². The lowest BCUT2D eigenvalue weighted by atomic mass is 9.86. The number of carbonyl (C=O) groups excluding carboxylic acids is 2. The van der Waals surface area contributed by atoms with Crippen molar-refractivity contribution >= 4 is 11.9 Å². The standard InChI is InChI=1S/C15H21NO4/c1-10-5-3-4-6-13(10)16-14(17)9-20-15(18)12-7-8-19-11(12)2/h7-8,10,13H,3-6,9H2,1-2H3,(H,16,17)/t10-,13+/m1/s1. The van der Waals surface area contributed by atoms with Crippen LogP contribution in [-0.4, -0.2) is 24.5 Å². The third kappa shape index (κ3) is 3.62. The summed E-state index contributed by atoms with van der Waals surface area (Å²) in [6, 6.07) is 1.74. The maximum Gasteiger partial charge on any atom is 0.342 e. The Balaban J connectivity index is 1.77. The molecular weight excluding hydrogens is 258 g/mol. The first-order valence-electron chi connectivity index (χ1n) is 7.08. The van der Waals surface area contributed by atoms with Crippen LogP contribution in [0.1, 0.15) is 48.7 Å². The van der Waals surface area contributed by atoms with E-state index in [1.54, 1.807) is 13.0 Å². The number of aryl methyl sites for hydroxylation is 1. The second-order valence-corrected chi connectivity index (χ2v) is 5.40. The molecule has 1 aromatic heterocycles. The van der Waals surface area contributed by atoms with E-state index < -0.39 is 5.97 Å². The lowest BCUT2D eigenvalue weighted by Gasteiger charge is -2.29. The van der Waals surface area contributed by atoms with Gasteiger partial charge in [-0.2, -0.15) is 0 Å². The predicted octanol–water partition coefficient (Wildman–Crippen LogP) is 2.44. The molecule has 0 radical (unpaired) electrons. The van der Waals surface area contributed by atoms with Crippen molar-refractivity contribution in [1.82, 2.24) is 5.32 Å². The molecule has 0 unspecified atom stereocenters. The van der Waals surface area contributed by atoms with Crippen LogP contribution >= 0.6 is 0 Å². The number of rotatable bonds is 4. The SMILES string of the molecule is Cc1occc1C(=O)OCC(=O)N[C@H]1CCCC[C@H]1C. The Kier molecular flexibility index (Phi) is 4.82. The fraction of sp³-hybridized carbons (Fsp3) is 0.600. The normalized spacial score (nSPS) is 22.3. The van der Waals surface area contributed by atoms with Crippen molar-refractivity contribution in [1.29, 1.82) is 0 Å². The first kappa shape index (κ1) is 14.6. The highest BCUT2D eigenvalue weighted by Gasteiger charge is 2.23. The van der Waals surface area contributed by atoms with Crippen molar-refractivity contribution in [2.75, 3.05) is 6.61 Å². The summed E-state index contributed by atoms with van der Waals surface area (Å²) in [6.07, 6.45) is 5.93. The number of hydrogen-bond acceptors (Lipinski definition) is 4. The third-order valence-corrected chi connectivity index (χ3v) is 3.87. The summed E-state index contributed by atoms with van der Waals surface area (Å²) in [4.78, 5) is 23.5. The van der Waals surface area contributed by atoms with Gasteiger partial charge in [-0.05, 0) is 31.7 Å². The Bertz CT molecular complexity index is 480. The summed E-state index contributed by atoms with van der Waals surface area (Å²) < 4.78 is 10.0. The van der Waals surface area contributed by atoms with Crippen molar-refractivity contribution in [2.45, 2.75) is 45.6 Å². The molecule has 0 aliphatic heterocycles. The van der Waals surface area contributed by atoms with Crippen molar-refractivity contribution in [3.05, 3.63) is 23.7 Å². The van der Waals surface area contributed by atoms with Crippen LogP contribution in [0.15, 0.2) is 16.7 Å². The number of furan rings is 1. The van der Waals surface area contributed by atoms with Crippen LogP contribution in [-0.2, 0) is 9.53 Å². The molecule has 5 nitrogen and oxygen atoms in total. The molecule has 1 aromatic rings. The van der Waals surface area contributed by atoms with Crippen LogP contribution in [0.2, 0.25) is 0 Å². The van der Waals surface area contributed by atoms with E-state index in [2.05, 4.69) is 12.2 Å². The third-order valence-electron chi connectivity index (χ3n) is 3.87. The van der Waals surface area contributed by atoms with Crippen LogP contribution in [0.25, 0.3) is 0 Å². The minimum Gasteiger partial charge on any atom is -0.469 e. The van der Waals surface area contributed by atoms with E-state index in [1.165, 1.54) is 12.7 Å². The topological polar surface area (TPSA) is 68.5 Å². The van der Waals surface area contributed by atoms with Crippen molar-refractivity contribution in [3.8, 4) is 0 Å². The maximum atomic E-state index is 11.8. The molecule has 0 saturated heterocycles. The van der Waals surface area contributed by atoms with E-state index in [4.69, 9.17) is 9.15 Å². The van der Waals surface area contributed by atoms with Gasteiger partial charge in [0.25, 0.3) is 5.91 Å². The van der Waals surface area contributed by atoms with E-state index in [0.29, 0.717) is 17.2 Å². The molecule has 1 fully saturated rings. The van der Waals surface area contributed by atoms with Crippen LogP contribution < -0.4 is 5.32 Å². The zero-order valence-electron chi connectivity index (χ0n) is 12.0. The molecule has 1 heterocycles. The molecule has 0 aromatic carbocycles. The minimum atomic E-state index is -0.525. The number of esters is 1. The summed E-state index contributed by atoms with van der Waals surface area (Å²) in [5, 5.41) is 2.94. The first-order chi connectivity index (χ1) is 9.58. The summed E-state index contributed by atoms with van der Waals surface area (Å²) in [5.74, 6) is 0.220. The molecule has 110 valence electrons. The Hall–Kier alpha value is -1.78. The van der Waals surface area contributed by atoms with Crippen LogP contribution in [0.3, 0.4) is 0 Å². The van der Waals surface area contributed by atoms with Crippen molar-refractivity contribution in [3.63, 3.8) is 0 Å².